The van der Waals surface area contributed by atoms with Crippen LogP contribution in [-0.4, -0.2) is 60.1 Å². The van der Waals surface area contributed by atoms with Crippen LogP contribution in [0.4, 0.5) is 4.39 Å². The Hall–Kier alpha value is -1.46. The van der Waals surface area contributed by atoms with E-state index in [0.29, 0.717) is 18.9 Å². The highest BCUT2D eigenvalue weighted by atomic mass is 19.1. The van der Waals surface area contributed by atoms with Crippen molar-refractivity contribution in [1.29, 1.82) is 0 Å². The Morgan fingerprint density at radius 1 is 1.20 bits per heavy atom. The first kappa shape index (κ1) is 18.3. The topological polar surface area (TPSA) is 32.8 Å². The average molecular weight is 348 g/mol. The SMILES string of the molecule is CC1CN(CC2CCCN2C(=O)CCc2ccc(F)cc2)CC(C)O1. The number of halogens is 1. The summed E-state index contributed by atoms with van der Waals surface area (Å²) < 4.78 is 18.8. The number of amides is 1. The van der Waals surface area contributed by atoms with Gasteiger partial charge in [-0.2, -0.15) is 0 Å². The van der Waals surface area contributed by atoms with Crippen LogP contribution in [-0.2, 0) is 16.0 Å². The van der Waals surface area contributed by atoms with E-state index in [4.69, 9.17) is 4.74 Å². The lowest BCUT2D eigenvalue weighted by atomic mass is 10.1. The summed E-state index contributed by atoms with van der Waals surface area (Å²) in [4.78, 5) is 17.2. The lowest BCUT2D eigenvalue weighted by molar-refractivity contribution is -0.133. The third-order valence-electron chi connectivity index (χ3n) is 5.20. The monoisotopic (exact) mass is 348 g/mol. The molecule has 25 heavy (non-hydrogen) atoms. The van der Waals surface area contributed by atoms with Crippen molar-refractivity contribution < 1.29 is 13.9 Å². The Kier molecular flexibility index (Phi) is 6.07. The zero-order valence-electron chi connectivity index (χ0n) is 15.3. The third-order valence-corrected chi connectivity index (χ3v) is 5.20. The summed E-state index contributed by atoms with van der Waals surface area (Å²) in [6.07, 6.45) is 3.86. The van der Waals surface area contributed by atoms with Gasteiger partial charge in [-0.25, -0.2) is 4.39 Å². The van der Waals surface area contributed by atoms with Gasteiger partial charge in [-0.1, -0.05) is 12.1 Å². The minimum absolute atomic E-state index is 0.223. The predicted molar refractivity (Wildman–Crippen MR) is 95.9 cm³/mol. The molecule has 0 aliphatic carbocycles. The highest BCUT2D eigenvalue weighted by Crippen LogP contribution is 2.22. The summed E-state index contributed by atoms with van der Waals surface area (Å²) in [7, 11) is 0. The smallest absolute Gasteiger partial charge is 0.223 e. The zero-order valence-corrected chi connectivity index (χ0v) is 15.3. The molecule has 3 atom stereocenters. The molecule has 2 aliphatic rings. The lowest BCUT2D eigenvalue weighted by Crippen LogP contribution is -2.50. The van der Waals surface area contributed by atoms with Gasteiger partial charge in [-0.3, -0.25) is 9.69 Å². The number of aryl methyl sites for hydroxylation is 1. The van der Waals surface area contributed by atoms with Crippen LogP contribution in [0.3, 0.4) is 0 Å². The molecule has 2 fully saturated rings. The minimum Gasteiger partial charge on any atom is -0.373 e. The van der Waals surface area contributed by atoms with Crippen molar-refractivity contribution in [3.63, 3.8) is 0 Å². The summed E-state index contributed by atoms with van der Waals surface area (Å²) in [5, 5.41) is 0. The van der Waals surface area contributed by atoms with E-state index in [1.54, 1.807) is 12.1 Å². The second-order valence-electron chi connectivity index (χ2n) is 7.49. The van der Waals surface area contributed by atoms with E-state index in [0.717, 1.165) is 44.6 Å². The predicted octanol–water partition coefficient (Wildman–Crippen LogP) is 2.86. The number of benzene rings is 1. The average Bonchev–Trinajstić information content (AvgIpc) is 3.01. The molecule has 0 bridgehead atoms. The number of likely N-dealkylation sites (tertiary alicyclic amines) is 1. The van der Waals surface area contributed by atoms with E-state index in [1.807, 2.05) is 0 Å². The second kappa shape index (κ2) is 8.28. The quantitative estimate of drug-likeness (QED) is 0.820. The molecule has 0 N–H and O–H groups in total. The molecule has 1 amide bonds. The van der Waals surface area contributed by atoms with Gasteiger partial charge in [0.15, 0.2) is 0 Å². The molecule has 2 aliphatic heterocycles. The van der Waals surface area contributed by atoms with Crippen molar-refractivity contribution in [2.45, 2.75) is 57.8 Å². The van der Waals surface area contributed by atoms with Crippen LogP contribution in [0, 0.1) is 5.82 Å². The number of rotatable bonds is 5. The van der Waals surface area contributed by atoms with Gasteiger partial charge >= 0.3 is 0 Å². The molecular weight excluding hydrogens is 319 g/mol. The standard InChI is InChI=1S/C20H29FN2O2/c1-15-12-22(13-16(2)25-15)14-19-4-3-11-23(19)20(24)10-7-17-5-8-18(21)9-6-17/h5-6,8-9,15-16,19H,3-4,7,10-14H2,1-2H3. The van der Waals surface area contributed by atoms with E-state index in [1.165, 1.54) is 12.1 Å². The summed E-state index contributed by atoms with van der Waals surface area (Å²) in [6.45, 7) is 7.92. The molecule has 1 aromatic rings. The van der Waals surface area contributed by atoms with Crippen molar-refractivity contribution in [2.75, 3.05) is 26.2 Å². The molecule has 2 saturated heterocycles. The van der Waals surface area contributed by atoms with Gasteiger partial charge in [0.1, 0.15) is 5.82 Å². The largest absolute Gasteiger partial charge is 0.373 e. The van der Waals surface area contributed by atoms with Gasteiger partial charge in [-0.15, -0.1) is 0 Å². The van der Waals surface area contributed by atoms with Crippen LogP contribution in [0.5, 0.6) is 0 Å². The highest BCUT2D eigenvalue weighted by Gasteiger charge is 2.32. The molecular formula is C20H29FN2O2. The fraction of sp³-hybridized carbons (Fsp3) is 0.650. The maximum atomic E-state index is 13.0. The van der Waals surface area contributed by atoms with Crippen molar-refractivity contribution in [1.82, 2.24) is 9.80 Å². The molecule has 0 radical (unpaired) electrons. The number of carbonyl (C=O) groups is 1. The Morgan fingerprint density at radius 3 is 2.56 bits per heavy atom. The fourth-order valence-electron chi connectivity index (χ4n) is 4.13. The van der Waals surface area contributed by atoms with Crippen LogP contribution in [0.25, 0.3) is 0 Å². The number of nitrogens with zero attached hydrogens (tertiary/aromatic N) is 2. The molecule has 5 heteroatoms. The van der Waals surface area contributed by atoms with Crippen molar-refractivity contribution in [3.8, 4) is 0 Å². The van der Waals surface area contributed by atoms with Crippen molar-refractivity contribution in [2.24, 2.45) is 0 Å². The van der Waals surface area contributed by atoms with Crippen LogP contribution < -0.4 is 0 Å². The second-order valence-corrected chi connectivity index (χ2v) is 7.49. The molecule has 2 heterocycles. The van der Waals surface area contributed by atoms with E-state index in [9.17, 15) is 9.18 Å². The molecule has 3 unspecified atom stereocenters. The van der Waals surface area contributed by atoms with Gasteiger partial charge in [0.05, 0.1) is 12.2 Å². The molecule has 3 rings (SSSR count). The van der Waals surface area contributed by atoms with Crippen LogP contribution >= 0.6 is 0 Å². The maximum Gasteiger partial charge on any atom is 0.223 e. The number of ether oxygens (including phenoxy) is 1. The summed E-state index contributed by atoms with van der Waals surface area (Å²) in [6, 6.07) is 6.76. The van der Waals surface area contributed by atoms with E-state index in [-0.39, 0.29) is 23.9 Å². The summed E-state index contributed by atoms with van der Waals surface area (Å²) >= 11 is 0. The van der Waals surface area contributed by atoms with E-state index >= 15 is 0 Å². The Labute approximate surface area is 149 Å². The Bertz CT molecular complexity index is 568. The first-order valence-electron chi connectivity index (χ1n) is 9.43. The van der Waals surface area contributed by atoms with Crippen LogP contribution in [0.2, 0.25) is 0 Å². The van der Waals surface area contributed by atoms with Gasteiger partial charge in [0, 0.05) is 38.6 Å². The number of hydrogen-bond donors (Lipinski definition) is 0. The molecule has 0 spiro atoms. The Balaban J connectivity index is 1.51. The van der Waals surface area contributed by atoms with Gasteiger partial charge in [0.25, 0.3) is 0 Å². The first-order valence-corrected chi connectivity index (χ1v) is 9.43. The van der Waals surface area contributed by atoms with Crippen LogP contribution in [0.1, 0.15) is 38.7 Å². The molecule has 4 nitrogen and oxygen atoms in total. The van der Waals surface area contributed by atoms with Crippen molar-refractivity contribution >= 4 is 5.91 Å². The minimum atomic E-state index is -0.233. The van der Waals surface area contributed by atoms with Crippen LogP contribution in [0.15, 0.2) is 24.3 Å². The molecule has 0 aromatic heterocycles. The van der Waals surface area contributed by atoms with Crippen molar-refractivity contribution in [3.05, 3.63) is 35.6 Å². The molecule has 0 saturated carbocycles. The molecule has 138 valence electrons. The maximum absolute atomic E-state index is 13.0. The fourth-order valence-corrected chi connectivity index (χ4v) is 4.13. The third kappa shape index (κ3) is 5.02. The van der Waals surface area contributed by atoms with Gasteiger partial charge < -0.3 is 9.64 Å². The summed E-state index contributed by atoms with van der Waals surface area (Å²) in [5.41, 5.74) is 1.02. The van der Waals surface area contributed by atoms with E-state index in [2.05, 4.69) is 23.6 Å². The lowest BCUT2D eigenvalue weighted by Gasteiger charge is -2.38. The van der Waals surface area contributed by atoms with Gasteiger partial charge in [0.2, 0.25) is 5.91 Å². The first-order chi connectivity index (χ1) is 12.0. The number of morpholine rings is 1. The highest BCUT2D eigenvalue weighted by molar-refractivity contribution is 5.77. The number of carbonyl (C=O) groups excluding carboxylic acids is 1. The van der Waals surface area contributed by atoms with E-state index < -0.39 is 0 Å². The molecule has 1 aromatic carbocycles. The Morgan fingerprint density at radius 2 is 1.88 bits per heavy atom. The van der Waals surface area contributed by atoms with Gasteiger partial charge in [-0.05, 0) is 50.8 Å². The summed E-state index contributed by atoms with van der Waals surface area (Å²) in [5.74, 6) is -0.00941. The normalized spacial score (nSPS) is 27.6. The zero-order chi connectivity index (χ0) is 17.8. The number of hydrogen-bond acceptors (Lipinski definition) is 3.